The van der Waals surface area contributed by atoms with Crippen LogP contribution in [-0.2, 0) is 6.42 Å². The van der Waals surface area contributed by atoms with Crippen molar-refractivity contribution in [1.82, 2.24) is 4.98 Å². The number of para-hydroxylation sites is 1. The molecule has 0 bridgehead atoms. The molecule has 15 heavy (non-hydrogen) atoms. The lowest BCUT2D eigenvalue weighted by Gasteiger charge is -2.04. The summed E-state index contributed by atoms with van der Waals surface area (Å²) in [4.78, 5) is 14.9. The van der Waals surface area contributed by atoms with E-state index in [0.717, 1.165) is 22.9 Å². The number of hydrogen-bond donors (Lipinski definition) is 1. The molecular formula is C12H11NO2. The van der Waals surface area contributed by atoms with Crippen LogP contribution in [0, 0.1) is 0 Å². The number of aryl methyl sites for hydroxylation is 1. The number of carboxylic acid groups (broad SMARTS) is 1. The number of fused-ring (bicyclic) bond motifs is 1. The van der Waals surface area contributed by atoms with Crippen LogP contribution in [0.25, 0.3) is 10.9 Å². The second-order valence-electron chi connectivity index (χ2n) is 3.34. The number of carboxylic acids is 1. The van der Waals surface area contributed by atoms with Crippen LogP contribution in [0.15, 0.2) is 30.3 Å². The molecule has 1 N–H and O–H groups in total. The Morgan fingerprint density at radius 3 is 2.80 bits per heavy atom. The van der Waals surface area contributed by atoms with Gasteiger partial charge in [-0.25, -0.2) is 9.78 Å². The number of benzene rings is 1. The highest BCUT2D eigenvalue weighted by Crippen LogP contribution is 2.18. The highest BCUT2D eigenvalue weighted by Gasteiger charge is 2.08. The molecule has 2 aromatic rings. The van der Waals surface area contributed by atoms with E-state index >= 15 is 0 Å². The first-order valence-electron chi connectivity index (χ1n) is 4.84. The Balaban J connectivity index is 2.77. The minimum atomic E-state index is -0.976. The Morgan fingerprint density at radius 1 is 1.40 bits per heavy atom. The molecule has 2 rings (SSSR count). The molecule has 3 nitrogen and oxygen atoms in total. The molecular weight excluding hydrogens is 190 g/mol. The van der Waals surface area contributed by atoms with E-state index in [0.29, 0.717) is 0 Å². The van der Waals surface area contributed by atoms with Crippen molar-refractivity contribution in [2.24, 2.45) is 0 Å². The monoisotopic (exact) mass is 201 g/mol. The van der Waals surface area contributed by atoms with Gasteiger partial charge in [0, 0.05) is 5.39 Å². The van der Waals surface area contributed by atoms with Gasteiger partial charge in [0.05, 0.1) is 5.52 Å². The number of rotatable bonds is 2. The predicted molar refractivity (Wildman–Crippen MR) is 58.1 cm³/mol. The Labute approximate surface area is 87.4 Å². The Kier molecular flexibility index (Phi) is 2.37. The van der Waals surface area contributed by atoms with Crippen molar-refractivity contribution in [3.8, 4) is 0 Å². The fourth-order valence-corrected chi connectivity index (χ4v) is 1.65. The van der Waals surface area contributed by atoms with Crippen LogP contribution in [0.3, 0.4) is 0 Å². The van der Waals surface area contributed by atoms with E-state index in [1.165, 1.54) is 0 Å². The fourth-order valence-electron chi connectivity index (χ4n) is 1.65. The summed E-state index contributed by atoms with van der Waals surface area (Å²) >= 11 is 0. The van der Waals surface area contributed by atoms with Gasteiger partial charge in [0.1, 0.15) is 5.69 Å². The van der Waals surface area contributed by atoms with Gasteiger partial charge in [0.25, 0.3) is 0 Å². The summed E-state index contributed by atoms with van der Waals surface area (Å²) in [5.74, 6) is -0.976. The molecule has 3 heteroatoms. The van der Waals surface area contributed by atoms with Crippen molar-refractivity contribution in [3.63, 3.8) is 0 Å². The first-order valence-corrected chi connectivity index (χ1v) is 4.84. The Morgan fingerprint density at radius 2 is 2.13 bits per heavy atom. The highest BCUT2D eigenvalue weighted by atomic mass is 16.4. The van der Waals surface area contributed by atoms with E-state index in [1.54, 1.807) is 6.07 Å². The summed E-state index contributed by atoms with van der Waals surface area (Å²) in [6.07, 6.45) is 0.809. The number of hydrogen-bond acceptors (Lipinski definition) is 2. The van der Waals surface area contributed by atoms with Crippen molar-refractivity contribution in [3.05, 3.63) is 41.6 Å². The third kappa shape index (κ3) is 1.68. The average molecular weight is 201 g/mol. The van der Waals surface area contributed by atoms with Gasteiger partial charge in [-0.2, -0.15) is 0 Å². The summed E-state index contributed by atoms with van der Waals surface area (Å²) in [5, 5.41) is 9.93. The van der Waals surface area contributed by atoms with Gasteiger partial charge < -0.3 is 5.11 Å². The lowest BCUT2D eigenvalue weighted by molar-refractivity contribution is 0.0691. The zero-order valence-corrected chi connectivity index (χ0v) is 8.40. The first-order chi connectivity index (χ1) is 7.22. The van der Waals surface area contributed by atoms with E-state index in [2.05, 4.69) is 4.98 Å². The first kappa shape index (κ1) is 9.65. The van der Waals surface area contributed by atoms with Crippen LogP contribution in [0.2, 0.25) is 0 Å². The van der Waals surface area contributed by atoms with Crippen molar-refractivity contribution in [1.29, 1.82) is 0 Å². The van der Waals surface area contributed by atoms with E-state index in [1.807, 2.05) is 31.2 Å². The van der Waals surface area contributed by atoms with Crippen LogP contribution < -0.4 is 0 Å². The van der Waals surface area contributed by atoms with Gasteiger partial charge in [0.15, 0.2) is 0 Å². The number of nitrogens with zero attached hydrogens (tertiary/aromatic N) is 1. The van der Waals surface area contributed by atoms with Gasteiger partial charge in [0.2, 0.25) is 0 Å². The van der Waals surface area contributed by atoms with Gasteiger partial charge in [-0.1, -0.05) is 25.1 Å². The number of aromatic carboxylic acids is 1. The number of carbonyl (C=O) groups is 1. The molecule has 0 saturated carbocycles. The van der Waals surface area contributed by atoms with Gasteiger partial charge >= 0.3 is 5.97 Å². The summed E-state index contributed by atoms with van der Waals surface area (Å²) < 4.78 is 0. The molecule has 0 amide bonds. The minimum Gasteiger partial charge on any atom is -0.477 e. The molecule has 0 atom stereocenters. The van der Waals surface area contributed by atoms with Gasteiger partial charge in [-0.05, 0) is 24.1 Å². The molecule has 0 radical (unpaired) electrons. The van der Waals surface area contributed by atoms with Crippen LogP contribution in [0.5, 0.6) is 0 Å². The maximum atomic E-state index is 10.9. The molecule has 0 spiro atoms. The van der Waals surface area contributed by atoms with Crippen molar-refractivity contribution >= 4 is 16.9 Å². The van der Waals surface area contributed by atoms with Crippen molar-refractivity contribution in [2.75, 3.05) is 0 Å². The topological polar surface area (TPSA) is 50.2 Å². The molecule has 0 aliphatic carbocycles. The second-order valence-corrected chi connectivity index (χ2v) is 3.34. The quantitative estimate of drug-likeness (QED) is 0.812. The summed E-state index contributed by atoms with van der Waals surface area (Å²) in [6, 6.07) is 9.24. The fraction of sp³-hybridized carbons (Fsp3) is 0.167. The standard InChI is InChI=1S/C12H11NO2/c1-2-8-7-11(12(14)15)13-10-6-4-3-5-9(8)10/h3-7H,2H2,1H3,(H,14,15). The minimum absolute atomic E-state index is 0.116. The molecule has 1 heterocycles. The number of pyridine rings is 1. The number of aromatic nitrogens is 1. The molecule has 76 valence electrons. The molecule has 0 saturated heterocycles. The third-order valence-electron chi connectivity index (χ3n) is 2.40. The van der Waals surface area contributed by atoms with Crippen LogP contribution in [0.4, 0.5) is 0 Å². The third-order valence-corrected chi connectivity index (χ3v) is 2.40. The average Bonchev–Trinajstić information content (AvgIpc) is 2.27. The van der Waals surface area contributed by atoms with E-state index in [-0.39, 0.29) is 5.69 Å². The normalized spacial score (nSPS) is 10.5. The zero-order chi connectivity index (χ0) is 10.8. The van der Waals surface area contributed by atoms with Crippen LogP contribution in [0.1, 0.15) is 23.0 Å². The predicted octanol–water partition coefficient (Wildman–Crippen LogP) is 2.50. The smallest absolute Gasteiger partial charge is 0.354 e. The highest BCUT2D eigenvalue weighted by molar-refractivity contribution is 5.91. The zero-order valence-electron chi connectivity index (χ0n) is 8.40. The van der Waals surface area contributed by atoms with E-state index in [9.17, 15) is 4.79 Å². The maximum Gasteiger partial charge on any atom is 0.354 e. The lowest BCUT2D eigenvalue weighted by Crippen LogP contribution is -2.02. The molecule has 1 aromatic heterocycles. The maximum absolute atomic E-state index is 10.9. The Hall–Kier alpha value is -1.90. The molecule has 0 unspecified atom stereocenters. The van der Waals surface area contributed by atoms with Gasteiger partial charge in [-0.3, -0.25) is 0 Å². The summed E-state index contributed by atoms with van der Waals surface area (Å²) in [5.41, 5.74) is 1.89. The molecule has 0 aliphatic heterocycles. The molecule has 0 aliphatic rings. The van der Waals surface area contributed by atoms with Crippen molar-refractivity contribution < 1.29 is 9.90 Å². The van der Waals surface area contributed by atoms with Crippen LogP contribution in [-0.4, -0.2) is 16.1 Å². The second kappa shape index (κ2) is 3.69. The Bertz CT molecular complexity index is 520. The largest absolute Gasteiger partial charge is 0.477 e. The van der Waals surface area contributed by atoms with Gasteiger partial charge in [-0.15, -0.1) is 0 Å². The SMILES string of the molecule is CCc1cc(C(=O)O)nc2ccccc12. The van der Waals surface area contributed by atoms with E-state index < -0.39 is 5.97 Å². The lowest BCUT2D eigenvalue weighted by atomic mass is 10.1. The van der Waals surface area contributed by atoms with Crippen molar-refractivity contribution in [2.45, 2.75) is 13.3 Å². The summed E-state index contributed by atoms with van der Waals surface area (Å²) in [7, 11) is 0. The molecule has 0 fully saturated rings. The van der Waals surface area contributed by atoms with Crippen LogP contribution >= 0.6 is 0 Å². The molecule has 1 aromatic carbocycles. The van der Waals surface area contributed by atoms with E-state index in [4.69, 9.17) is 5.11 Å². The summed E-state index contributed by atoms with van der Waals surface area (Å²) in [6.45, 7) is 2.01.